The predicted octanol–water partition coefficient (Wildman–Crippen LogP) is 3.20. The summed E-state index contributed by atoms with van der Waals surface area (Å²) >= 11 is 0. The summed E-state index contributed by atoms with van der Waals surface area (Å²) in [7, 11) is 0. The molecule has 2 aliphatic heterocycles. The zero-order valence-electron chi connectivity index (χ0n) is 16.7. The predicted molar refractivity (Wildman–Crippen MR) is 114 cm³/mol. The highest BCUT2D eigenvalue weighted by atomic mass is 16.2. The van der Waals surface area contributed by atoms with Crippen molar-refractivity contribution in [2.75, 3.05) is 44.6 Å². The molecule has 1 atom stereocenters. The lowest BCUT2D eigenvalue weighted by Gasteiger charge is -2.39. The first kappa shape index (κ1) is 19.5. The number of benzene rings is 2. The molecule has 6 nitrogen and oxygen atoms in total. The number of likely N-dealkylation sites (tertiary alicyclic amines) is 1. The Bertz CT molecular complexity index is 813. The minimum Gasteiger partial charge on any atom is -0.341 e. The van der Waals surface area contributed by atoms with Gasteiger partial charge in [0.25, 0.3) is 0 Å². The van der Waals surface area contributed by atoms with Crippen LogP contribution in [-0.4, -0.2) is 65.9 Å². The van der Waals surface area contributed by atoms with Gasteiger partial charge in [0.05, 0.1) is 0 Å². The highest BCUT2D eigenvalue weighted by Gasteiger charge is 2.34. The van der Waals surface area contributed by atoms with Gasteiger partial charge in [-0.25, -0.2) is 4.79 Å². The molecule has 0 saturated carbocycles. The molecular formula is C23H28N4O2. The molecule has 29 heavy (non-hydrogen) atoms. The van der Waals surface area contributed by atoms with Crippen LogP contribution in [-0.2, 0) is 4.79 Å². The summed E-state index contributed by atoms with van der Waals surface area (Å²) in [5, 5.41) is 2.95. The number of anilines is 1. The number of nitrogens with one attached hydrogen (secondary N) is 1. The Hall–Kier alpha value is -2.86. The van der Waals surface area contributed by atoms with Crippen LogP contribution in [0.4, 0.5) is 10.5 Å². The zero-order chi connectivity index (χ0) is 20.1. The number of amides is 3. The number of para-hydroxylation sites is 1. The van der Waals surface area contributed by atoms with E-state index in [1.807, 2.05) is 70.5 Å². The van der Waals surface area contributed by atoms with E-state index in [9.17, 15) is 9.59 Å². The average molecular weight is 393 g/mol. The maximum absolute atomic E-state index is 13.3. The molecule has 0 aromatic heterocycles. The van der Waals surface area contributed by atoms with Crippen molar-refractivity contribution in [1.29, 1.82) is 0 Å². The van der Waals surface area contributed by atoms with Crippen molar-refractivity contribution in [3.8, 4) is 0 Å². The van der Waals surface area contributed by atoms with Gasteiger partial charge in [0.1, 0.15) is 6.04 Å². The molecule has 0 bridgehead atoms. The topological polar surface area (TPSA) is 55.9 Å². The Morgan fingerprint density at radius 2 is 1.31 bits per heavy atom. The van der Waals surface area contributed by atoms with Crippen LogP contribution in [0.25, 0.3) is 0 Å². The van der Waals surface area contributed by atoms with Crippen molar-refractivity contribution >= 4 is 17.6 Å². The number of hydrogen-bond donors (Lipinski definition) is 1. The van der Waals surface area contributed by atoms with Crippen molar-refractivity contribution in [2.45, 2.75) is 18.9 Å². The second-order valence-corrected chi connectivity index (χ2v) is 7.66. The molecule has 2 heterocycles. The monoisotopic (exact) mass is 392 g/mol. The van der Waals surface area contributed by atoms with E-state index >= 15 is 0 Å². The highest BCUT2D eigenvalue weighted by molar-refractivity contribution is 5.89. The number of hydrogen-bond acceptors (Lipinski definition) is 3. The van der Waals surface area contributed by atoms with Crippen molar-refractivity contribution in [3.05, 3.63) is 66.2 Å². The van der Waals surface area contributed by atoms with E-state index in [0.29, 0.717) is 26.2 Å². The Balaban J connectivity index is 1.42. The van der Waals surface area contributed by atoms with E-state index in [4.69, 9.17) is 0 Å². The van der Waals surface area contributed by atoms with E-state index in [1.165, 1.54) is 0 Å². The van der Waals surface area contributed by atoms with E-state index in [-0.39, 0.29) is 18.0 Å². The summed E-state index contributed by atoms with van der Waals surface area (Å²) in [6.07, 6.45) is 2.17. The fourth-order valence-corrected chi connectivity index (χ4v) is 4.16. The first-order chi connectivity index (χ1) is 14.2. The number of carbonyl (C=O) groups excluding carboxylic acids is 2. The third-order valence-electron chi connectivity index (χ3n) is 5.76. The lowest BCUT2D eigenvalue weighted by atomic mass is 10.0. The second kappa shape index (κ2) is 9.09. The molecule has 6 heteroatoms. The van der Waals surface area contributed by atoms with Crippen LogP contribution in [0.2, 0.25) is 0 Å². The van der Waals surface area contributed by atoms with E-state index in [0.717, 1.165) is 37.2 Å². The molecule has 3 amide bonds. The summed E-state index contributed by atoms with van der Waals surface area (Å²) < 4.78 is 0. The molecule has 1 unspecified atom stereocenters. The Kier molecular flexibility index (Phi) is 6.10. The van der Waals surface area contributed by atoms with Gasteiger partial charge in [-0.2, -0.15) is 0 Å². The van der Waals surface area contributed by atoms with Gasteiger partial charge >= 0.3 is 6.03 Å². The normalized spacial score (nSPS) is 18.5. The molecule has 152 valence electrons. The van der Waals surface area contributed by atoms with Crippen LogP contribution < -0.4 is 5.32 Å². The molecule has 0 aliphatic carbocycles. The molecule has 2 aliphatic rings. The molecule has 2 aromatic carbocycles. The van der Waals surface area contributed by atoms with Crippen molar-refractivity contribution in [3.63, 3.8) is 0 Å². The van der Waals surface area contributed by atoms with Gasteiger partial charge in [-0.1, -0.05) is 48.5 Å². The summed E-state index contributed by atoms with van der Waals surface area (Å²) in [5.41, 5.74) is 1.83. The zero-order valence-corrected chi connectivity index (χ0v) is 16.7. The third kappa shape index (κ3) is 4.59. The summed E-state index contributed by atoms with van der Waals surface area (Å²) in [4.78, 5) is 31.9. The van der Waals surface area contributed by atoms with Gasteiger partial charge in [-0.05, 0) is 30.5 Å². The molecule has 2 aromatic rings. The maximum atomic E-state index is 13.3. The van der Waals surface area contributed by atoms with Crippen LogP contribution in [0.5, 0.6) is 0 Å². The Labute approximate surface area is 172 Å². The SMILES string of the molecule is O=C(Nc1ccccc1)N1CCN(C(C(=O)N2CCCC2)c2ccccc2)CC1. The summed E-state index contributed by atoms with van der Waals surface area (Å²) in [5.74, 6) is 0.191. The van der Waals surface area contributed by atoms with E-state index in [1.54, 1.807) is 0 Å². The van der Waals surface area contributed by atoms with E-state index in [2.05, 4.69) is 10.2 Å². The largest absolute Gasteiger partial charge is 0.341 e. The average Bonchev–Trinajstić information content (AvgIpc) is 3.31. The number of rotatable bonds is 4. The van der Waals surface area contributed by atoms with E-state index < -0.39 is 0 Å². The first-order valence-corrected chi connectivity index (χ1v) is 10.4. The minimum absolute atomic E-state index is 0.0852. The van der Waals surface area contributed by atoms with Crippen LogP contribution in [0.15, 0.2) is 60.7 Å². The standard InChI is InChI=1S/C23H28N4O2/c28-22(26-13-7-8-14-26)21(19-9-3-1-4-10-19)25-15-17-27(18-16-25)23(29)24-20-11-5-2-6-12-20/h1-6,9-12,21H,7-8,13-18H2,(H,24,29). The number of urea groups is 1. The van der Waals surface area contributed by atoms with Crippen molar-refractivity contribution < 1.29 is 9.59 Å². The number of piperazine rings is 1. The highest BCUT2D eigenvalue weighted by Crippen LogP contribution is 2.26. The van der Waals surface area contributed by atoms with Crippen LogP contribution in [0.1, 0.15) is 24.4 Å². The first-order valence-electron chi connectivity index (χ1n) is 10.4. The molecule has 4 rings (SSSR count). The molecule has 0 radical (unpaired) electrons. The van der Waals surface area contributed by atoms with Crippen molar-refractivity contribution in [2.24, 2.45) is 0 Å². The van der Waals surface area contributed by atoms with Gasteiger partial charge < -0.3 is 15.1 Å². The smallest absolute Gasteiger partial charge is 0.321 e. The number of carbonyl (C=O) groups is 2. The van der Waals surface area contributed by atoms with Gasteiger partial charge in [-0.3, -0.25) is 9.69 Å². The Morgan fingerprint density at radius 1 is 0.724 bits per heavy atom. The van der Waals surface area contributed by atoms with Crippen LogP contribution in [0, 0.1) is 0 Å². The number of nitrogens with zero attached hydrogens (tertiary/aromatic N) is 3. The van der Waals surface area contributed by atoms with Crippen LogP contribution >= 0.6 is 0 Å². The quantitative estimate of drug-likeness (QED) is 0.869. The lowest BCUT2D eigenvalue weighted by Crippen LogP contribution is -2.53. The van der Waals surface area contributed by atoms with Gasteiger partial charge in [0.15, 0.2) is 0 Å². The Morgan fingerprint density at radius 3 is 1.93 bits per heavy atom. The molecule has 2 fully saturated rings. The van der Waals surface area contributed by atoms with Crippen molar-refractivity contribution in [1.82, 2.24) is 14.7 Å². The molecular weight excluding hydrogens is 364 g/mol. The van der Waals surface area contributed by atoms with Gasteiger partial charge in [0, 0.05) is 45.0 Å². The lowest BCUT2D eigenvalue weighted by molar-refractivity contribution is -0.136. The third-order valence-corrected chi connectivity index (χ3v) is 5.76. The molecule has 1 N–H and O–H groups in total. The fourth-order valence-electron chi connectivity index (χ4n) is 4.16. The van der Waals surface area contributed by atoms with Crippen LogP contribution in [0.3, 0.4) is 0 Å². The minimum atomic E-state index is -0.270. The maximum Gasteiger partial charge on any atom is 0.321 e. The van der Waals surface area contributed by atoms with Gasteiger partial charge in [-0.15, -0.1) is 0 Å². The van der Waals surface area contributed by atoms with Gasteiger partial charge in [0.2, 0.25) is 5.91 Å². The summed E-state index contributed by atoms with van der Waals surface area (Å²) in [6.45, 7) is 4.27. The molecule has 2 saturated heterocycles. The summed E-state index contributed by atoms with van der Waals surface area (Å²) in [6, 6.07) is 19.2. The fraction of sp³-hybridized carbons (Fsp3) is 0.391. The molecule has 0 spiro atoms. The second-order valence-electron chi connectivity index (χ2n) is 7.66.